The molecule has 1 aliphatic heterocycles. The van der Waals surface area contributed by atoms with Gasteiger partial charge >= 0.3 is 6.18 Å². The van der Waals surface area contributed by atoms with Crippen molar-refractivity contribution < 1.29 is 23.1 Å². The Labute approximate surface area is 158 Å². The fourth-order valence-corrected chi connectivity index (χ4v) is 3.58. The SMILES string of the molecule is O=C(c1ccc2cccnc2c1O)N1CCC[C@@H]1c1ccc(C(F)(F)F)nc1. The molecule has 0 bridgehead atoms. The molecule has 28 heavy (non-hydrogen) atoms. The Morgan fingerprint density at radius 1 is 1.14 bits per heavy atom. The van der Waals surface area contributed by atoms with E-state index in [0.29, 0.717) is 35.9 Å². The van der Waals surface area contributed by atoms with Crippen molar-refractivity contribution >= 4 is 16.8 Å². The summed E-state index contributed by atoms with van der Waals surface area (Å²) in [5.41, 5.74) is 0.0286. The Bertz CT molecular complexity index is 1040. The average Bonchev–Trinajstić information content (AvgIpc) is 3.17. The molecule has 0 saturated carbocycles. The molecule has 3 aromatic rings. The quantitative estimate of drug-likeness (QED) is 0.711. The van der Waals surface area contributed by atoms with E-state index in [1.807, 2.05) is 0 Å². The molecule has 144 valence electrons. The molecule has 0 unspecified atom stereocenters. The Balaban J connectivity index is 1.65. The fraction of sp³-hybridized carbons (Fsp3) is 0.250. The van der Waals surface area contributed by atoms with Gasteiger partial charge in [0.05, 0.1) is 11.6 Å². The number of hydrogen-bond donors (Lipinski definition) is 1. The molecule has 0 spiro atoms. The van der Waals surface area contributed by atoms with Gasteiger partial charge in [0.25, 0.3) is 5.91 Å². The minimum absolute atomic E-state index is 0.123. The number of rotatable bonds is 2. The second-order valence-electron chi connectivity index (χ2n) is 6.67. The molecule has 3 heterocycles. The molecule has 1 N–H and O–H groups in total. The molecule has 1 aromatic carbocycles. The van der Waals surface area contributed by atoms with Gasteiger partial charge in [-0.3, -0.25) is 14.8 Å². The first kappa shape index (κ1) is 18.2. The van der Waals surface area contributed by atoms with Gasteiger partial charge in [0, 0.05) is 24.3 Å². The molecule has 1 aliphatic rings. The lowest BCUT2D eigenvalue weighted by Crippen LogP contribution is -2.30. The third kappa shape index (κ3) is 3.15. The molecule has 1 fully saturated rings. The standard InChI is InChI=1S/C20H16F3N3O2/c21-20(22,23)16-8-6-13(11-25-16)15-4-2-10-26(15)19(28)14-7-5-12-3-1-9-24-17(12)18(14)27/h1,3,5-9,11,15,27H,2,4,10H2/t15-/m1/s1. The van der Waals surface area contributed by atoms with Crippen LogP contribution < -0.4 is 0 Å². The van der Waals surface area contributed by atoms with Crippen LogP contribution in [0.1, 0.15) is 40.5 Å². The number of pyridine rings is 2. The van der Waals surface area contributed by atoms with Gasteiger partial charge in [-0.15, -0.1) is 0 Å². The first-order valence-corrected chi connectivity index (χ1v) is 8.77. The monoisotopic (exact) mass is 387 g/mol. The Morgan fingerprint density at radius 2 is 1.96 bits per heavy atom. The summed E-state index contributed by atoms with van der Waals surface area (Å²) in [4.78, 5) is 22.2. The third-order valence-corrected chi connectivity index (χ3v) is 4.95. The molecule has 4 rings (SSSR count). The van der Waals surface area contributed by atoms with Crippen LogP contribution >= 0.6 is 0 Å². The summed E-state index contributed by atoms with van der Waals surface area (Å²) < 4.78 is 38.2. The Kier molecular flexibility index (Phi) is 4.41. The van der Waals surface area contributed by atoms with Crippen LogP contribution in [0.5, 0.6) is 5.75 Å². The summed E-state index contributed by atoms with van der Waals surface area (Å²) in [6.45, 7) is 0.449. The number of nitrogens with zero attached hydrogens (tertiary/aromatic N) is 3. The number of halogens is 3. The normalized spacial score (nSPS) is 17.2. The number of aromatic hydroxyl groups is 1. The first-order valence-electron chi connectivity index (χ1n) is 8.77. The molecule has 2 aromatic heterocycles. The zero-order valence-electron chi connectivity index (χ0n) is 14.6. The predicted octanol–water partition coefficient (Wildman–Crippen LogP) is 4.33. The first-order chi connectivity index (χ1) is 13.4. The molecular weight excluding hydrogens is 371 g/mol. The molecule has 0 radical (unpaired) electrons. The van der Waals surface area contributed by atoms with Crippen molar-refractivity contribution in [3.05, 3.63) is 65.6 Å². The van der Waals surface area contributed by atoms with Crippen molar-refractivity contribution in [2.75, 3.05) is 6.54 Å². The van der Waals surface area contributed by atoms with Crippen LogP contribution in [0.2, 0.25) is 0 Å². The van der Waals surface area contributed by atoms with E-state index in [9.17, 15) is 23.1 Å². The zero-order valence-corrected chi connectivity index (χ0v) is 14.6. The summed E-state index contributed by atoms with van der Waals surface area (Å²) in [7, 11) is 0. The van der Waals surface area contributed by atoms with Crippen LogP contribution in [0, 0.1) is 0 Å². The second kappa shape index (κ2) is 6.78. The summed E-state index contributed by atoms with van der Waals surface area (Å²) in [5.74, 6) is -0.577. The number of hydrogen-bond acceptors (Lipinski definition) is 4. The van der Waals surface area contributed by atoms with E-state index in [1.54, 1.807) is 29.2 Å². The fourth-order valence-electron chi connectivity index (χ4n) is 3.58. The molecule has 8 heteroatoms. The van der Waals surface area contributed by atoms with Crippen molar-refractivity contribution in [2.45, 2.75) is 25.1 Å². The van der Waals surface area contributed by atoms with Gasteiger partial charge in [0.15, 0.2) is 5.75 Å². The van der Waals surface area contributed by atoms with Crippen LogP contribution in [0.3, 0.4) is 0 Å². The Morgan fingerprint density at radius 3 is 2.68 bits per heavy atom. The highest BCUT2D eigenvalue weighted by molar-refractivity contribution is 6.02. The number of phenolic OH excluding ortho intramolecular Hbond substituents is 1. The minimum atomic E-state index is -4.51. The van der Waals surface area contributed by atoms with Crippen molar-refractivity contribution in [2.24, 2.45) is 0 Å². The number of alkyl halides is 3. The van der Waals surface area contributed by atoms with E-state index in [0.717, 1.165) is 6.07 Å². The number of aromatic nitrogens is 2. The van der Waals surface area contributed by atoms with E-state index in [1.165, 1.54) is 18.5 Å². The van der Waals surface area contributed by atoms with Crippen molar-refractivity contribution in [3.8, 4) is 5.75 Å². The zero-order chi connectivity index (χ0) is 19.9. The number of likely N-dealkylation sites (tertiary alicyclic amines) is 1. The average molecular weight is 387 g/mol. The van der Waals surface area contributed by atoms with Gasteiger partial charge in [-0.1, -0.05) is 18.2 Å². The number of fused-ring (bicyclic) bond motifs is 1. The number of carbonyl (C=O) groups excluding carboxylic acids is 1. The highest BCUT2D eigenvalue weighted by Crippen LogP contribution is 2.36. The van der Waals surface area contributed by atoms with Crippen molar-refractivity contribution in [1.82, 2.24) is 14.9 Å². The molecule has 5 nitrogen and oxygen atoms in total. The lowest BCUT2D eigenvalue weighted by atomic mass is 10.0. The maximum Gasteiger partial charge on any atom is 0.433 e. The minimum Gasteiger partial charge on any atom is -0.505 e. The number of carbonyl (C=O) groups is 1. The summed E-state index contributed by atoms with van der Waals surface area (Å²) in [6, 6.07) is 8.66. The number of benzene rings is 1. The van der Waals surface area contributed by atoms with Gasteiger partial charge in [0.2, 0.25) is 0 Å². The van der Waals surface area contributed by atoms with Crippen LogP contribution in [-0.2, 0) is 6.18 Å². The van der Waals surface area contributed by atoms with Crippen molar-refractivity contribution in [3.63, 3.8) is 0 Å². The van der Waals surface area contributed by atoms with Gasteiger partial charge in [-0.25, -0.2) is 0 Å². The number of amides is 1. The molecule has 1 saturated heterocycles. The summed E-state index contributed by atoms with van der Waals surface area (Å²) >= 11 is 0. The predicted molar refractivity (Wildman–Crippen MR) is 95.7 cm³/mol. The van der Waals surface area contributed by atoms with Gasteiger partial charge in [0.1, 0.15) is 11.2 Å². The lowest BCUT2D eigenvalue weighted by Gasteiger charge is -2.25. The smallest absolute Gasteiger partial charge is 0.433 e. The molecule has 1 atom stereocenters. The maximum atomic E-state index is 13.1. The number of phenols is 1. The second-order valence-corrected chi connectivity index (χ2v) is 6.67. The van der Waals surface area contributed by atoms with Crippen LogP contribution in [0.25, 0.3) is 10.9 Å². The largest absolute Gasteiger partial charge is 0.505 e. The van der Waals surface area contributed by atoms with Crippen LogP contribution in [-0.4, -0.2) is 32.4 Å². The maximum absolute atomic E-state index is 13.1. The topological polar surface area (TPSA) is 66.3 Å². The third-order valence-electron chi connectivity index (χ3n) is 4.95. The molecule has 1 amide bonds. The van der Waals surface area contributed by atoms with Crippen LogP contribution in [0.15, 0.2) is 48.8 Å². The lowest BCUT2D eigenvalue weighted by molar-refractivity contribution is -0.141. The summed E-state index contributed by atoms with van der Waals surface area (Å²) in [5, 5.41) is 11.2. The van der Waals surface area contributed by atoms with Crippen molar-refractivity contribution in [1.29, 1.82) is 0 Å². The Hall–Kier alpha value is -3.16. The highest BCUT2D eigenvalue weighted by Gasteiger charge is 2.35. The van der Waals surface area contributed by atoms with Gasteiger partial charge < -0.3 is 10.0 Å². The van der Waals surface area contributed by atoms with E-state index in [-0.39, 0.29) is 23.3 Å². The van der Waals surface area contributed by atoms with E-state index >= 15 is 0 Å². The highest BCUT2D eigenvalue weighted by atomic mass is 19.4. The van der Waals surface area contributed by atoms with Gasteiger partial charge in [-0.2, -0.15) is 13.2 Å². The molecular formula is C20H16F3N3O2. The van der Waals surface area contributed by atoms with Gasteiger partial charge in [-0.05, 0) is 36.6 Å². The van der Waals surface area contributed by atoms with Crippen LogP contribution in [0.4, 0.5) is 13.2 Å². The van der Waals surface area contributed by atoms with E-state index in [4.69, 9.17) is 0 Å². The van der Waals surface area contributed by atoms with E-state index < -0.39 is 11.9 Å². The van der Waals surface area contributed by atoms with E-state index in [2.05, 4.69) is 9.97 Å². The summed E-state index contributed by atoms with van der Waals surface area (Å²) in [6.07, 6.45) is -0.479. The molecule has 0 aliphatic carbocycles.